The molecule has 0 atom stereocenters. The van der Waals surface area contributed by atoms with Crippen LogP contribution in [0, 0.1) is 6.92 Å². The zero-order valence-electron chi connectivity index (χ0n) is 18.6. The van der Waals surface area contributed by atoms with Crippen molar-refractivity contribution in [2.75, 3.05) is 41.7 Å². The van der Waals surface area contributed by atoms with Crippen molar-refractivity contribution in [3.05, 3.63) is 64.7 Å². The molecule has 8 heteroatoms. The fraction of sp³-hybridized carbons (Fsp3) is 0.375. The van der Waals surface area contributed by atoms with Gasteiger partial charge in [-0.15, -0.1) is 0 Å². The fourth-order valence-electron chi connectivity index (χ4n) is 4.12. The molecule has 2 N–H and O–H groups in total. The van der Waals surface area contributed by atoms with Gasteiger partial charge in [-0.25, -0.2) is 4.98 Å². The van der Waals surface area contributed by atoms with E-state index in [4.69, 9.17) is 0 Å². The minimum absolute atomic E-state index is 0.103. The molecule has 0 amide bonds. The zero-order valence-corrected chi connectivity index (χ0v) is 18.6. The largest absolute Gasteiger partial charge is 0.369 e. The maximum absolute atomic E-state index is 12.3. The smallest absolute Gasteiger partial charge is 0.274 e. The molecule has 0 bridgehead atoms. The lowest BCUT2D eigenvalue weighted by Gasteiger charge is -2.36. The second-order valence-electron chi connectivity index (χ2n) is 8.61. The van der Waals surface area contributed by atoms with E-state index in [0.717, 1.165) is 43.5 Å². The molecule has 0 spiro atoms. The summed E-state index contributed by atoms with van der Waals surface area (Å²) in [6.07, 6.45) is 6.23. The molecular weight excluding hydrogens is 402 g/mol. The minimum atomic E-state index is -0.103. The first-order valence-corrected chi connectivity index (χ1v) is 11.2. The number of nitrogens with one attached hydrogen (secondary N) is 2. The first-order valence-electron chi connectivity index (χ1n) is 11.2. The highest BCUT2D eigenvalue weighted by atomic mass is 16.1. The summed E-state index contributed by atoms with van der Waals surface area (Å²) in [6, 6.07) is 12.8. The van der Waals surface area contributed by atoms with Gasteiger partial charge in [-0.2, -0.15) is 4.98 Å². The van der Waals surface area contributed by atoms with Gasteiger partial charge in [0.15, 0.2) is 0 Å². The SMILES string of the molecule is Cc1cnc(Nc2ccc(N3CCN(C4CC4)CC3)cc2)nc1Nc1cccn(C)c1=O. The van der Waals surface area contributed by atoms with Crippen LogP contribution in [0.25, 0.3) is 0 Å². The maximum Gasteiger partial charge on any atom is 0.274 e. The Labute approximate surface area is 187 Å². The van der Waals surface area contributed by atoms with Crippen molar-refractivity contribution < 1.29 is 0 Å². The van der Waals surface area contributed by atoms with E-state index in [1.807, 2.05) is 13.0 Å². The van der Waals surface area contributed by atoms with Crippen LogP contribution in [-0.4, -0.2) is 51.7 Å². The molecule has 5 rings (SSSR count). The Bertz CT molecular complexity index is 1150. The number of hydrogen-bond acceptors (Lipinski definition) is 7. The zero-order chi connectivity index (χ0) is 22.1. The van der Waals surface area contributed by atoms with Crippen molar-refractivity contribution in [1.29, 1.82) is 0 Å². The van der Waals surface area contributed by atoms with Crippen LogP contribution >= 0.6 is 0 Å². The molecule has 1 saturated heterocycles. The minimum Gasteiger partial charge on any atom is -0.369 e. The van der Waals surface area contributed by atoms with Gasteiger partial charge < -0.3 is 20.1 Å². The number of nitrogens with zero attached hydrogens (tertiary/aromatic N) is 5. The Morgan fingerprint density at radius 1 is 1.00 bits per heavy atom. The highest BCUT2D eigenvalue weighted by Gasteiger charge is 2.31. The molecule has 2 aliphatic rings. The van der Waals surface area contributed by atoms with E-state index in [9.17, 15) is 4.79 Å². The van der Waals surface area contributed by atoms with Gasteiger partial charge in [-0.3, -0.25) is 9.69 Å². The molecule has 1 aliphatic carbocycles. The van der Waals surface area contributed by atoms with Crippen molar-refractivity contribution >= 4 is 28.8 Å². The van der Waals surface area contributed by atoms with Crippen molar-refractivity contribution in [2.24, 2.45) is 7.05 Å². The van der Waals surface area contributed by atoms with Gasteiger partial charge in [0.2, 0.25) is 5.95 Å². The number of aryl methyl sites for hydroxylation is 2. The maximum atomic E-state index is 12.3. The summed E-state index contributed by atoms with van der Waals surface area (Å²) < 4.78 is 1.53. The van der Waals surface area contributed by atoms with Gasteiger partial charge in [-0.05, 0) is 56.2 Å². The third-order valence-electron chi connectivity index (χ3n) is 6.21. The molecule has 2 aromatic heterocycles. The second kappa shape index (κ2) is 8.63. The predicted octanol–water partition coefficient (Wildman–Crippen LogP) is 3.26. The predicted molar refractivity (Wildman–Crippen MR) is 128 cm³/mol. The van der Waals surface area contributed by atoms with Crippen LogP contribution in [0.5, 0.6) is 0 Å². The molecule has 3 heterocycles. The van der Waals surface area contributed by atoms with Crippen LogP contribution in [-0.2, 0) is 7.05 Å². The second-order valence-corrected chi connectivity index (χ2v) is 8.61. The molecular formula is C24H29N7O. The van der Waals surface area contributed by atoms with Crippen molar-refractivity contribution in [3.63, 3.8) is 0 Å². The molecule has 0 unspecified atom stereocenters. The average molecular weight is 432 g/mol. The number of hydrogen-bond donors (Lipinski definition) is 2. The third-order valence-corrected chi connectivity index (χ3v) is 6.21. The van der Waals surface area contributed by atoms with Gasteiger partial charge in [0.1, 0.15) is 11.5 Å². The van der Waals surface area contributed by atoms with E-state index < -0.39 is 0 Å². The molecule has 0 radical (unpaired) electrons. The van der Waals surface area contributed by atoms with Gasteiger partial charge in [-0.1, -0.05) is 0 Å². The average Bonchev–Trinajstić information content (AvgIpc) is 3.65. The number of aromatic nitrogens is 3. The summed E-state index contributed by atoms with van der Waals surface area (Å²) in [6.45, 7) is 6.39. The Hall–Kier alpha value is -3.39. The number of pyridine rings is 1. The summed E-state index contributed by atoms with van der Waals surface area (Å²) in [7, 11) is 1.73. The first-order chi connectivity index (χ1) is 15.6. The number of anilines is 5. The van der Waals surface area contributed by atoms with Crippen molar-refractivity contribution in [2.45, 2.75) is 25.8 Å². The molecule has 3 aromatic rings. The molecule has 1 aliphatic heterocycles. The molecule has 8 nitrogen and oxygen atoms in total. The normalized spacial score (nSPS) is 16.8. The molecule has 1 aromatic carbocycles. The van der Waals surface area contributed by atoms with Crippen LogP contribution in [0.3, 0.4) is 0 Å². The Kier molecular flexibility index (Phi) is 5.53. The Morgan fingerprint density at radius 3 is 2.47 bits per heavy atom. The van der Waals surface area contributed by atoms with Crippen LogP contribution < -0.4 is 21.1 Å². The summed E-state index contributed by atoms with van der Waals surface area (Å²) in [5, 5.41) is 6.41. The van der Waals surface area contributed by atoms with E-state index >= 15 is 0 Å². The van der Waals surface area contributed by atoms with Crippen molar-refractivity contribution in [3.8, 4) is 0 Å². The number of rotatable bonds is 6. The molecule has 1 saturated carbocycles. The van der Waals surface area contributed by atoms with Crippen molar-refractivity contribution in [1.82, 2.24) is 19.4 Å². The number of benzene rings is 1. The lowest BCUT2D eigenvalue weighted by Crippen LogP contribution is -2.47. The van der Waals surface area contributed by atoms with Gasteiger partial charge in [0.25, 0.3) is 5.56 Å². The fourth-order valence-corrected chi connectivity index (χ4v) is 4.12. The summed E-state index contributed by atoms with van der Waals surface area (Å²) in [5.41, 5.74) is 3.42. The Morgan fingerprint density at radius 2 is 1.75 bits per heavy atom. The first kappa shape index (κ1) is 20.5. The number of piperazine rings is 1. The lowest BCUT2D eigenvalue weighted by atomic mass is 10.2. The van der Waals surface area contributed by atoms with E-state index in [1.54, 1.807) is 25.5 Å². The summed E-state index contributed by atoms with van der Waals surface area (Å²) in [5.74, 6) is 1.09. The highest BCUT2D eigenvalue weighted by molar-refractivity contribution is 5.63. The summed E-state index contributed by atoms with van der Waals surface area (Å²) in [4.78, 5) is 26.4. The van der Waals surface area contributed by atoms with Crippen LogP contribution in [0.2, 0.25) is 0 Å². The van der Waals surface area contributed by atoms with Gasteiger partial charge in [0.05, 0.1) is 0 Å². The topological polar surface area (TPSA) is 78.3 Å². The standard InChI is InChI=1S/C24H29N7O/c1-17-16-25-24(28-22(17)27-21-4-3-11-29(2)23(21)32)26-18-5-7-19(8-6-18)30-12-14-31(15-13-30)20-9-10-20/h3-8,11,16,20H,9-10,12-15H2,1-2H3,(H2,25,26,27,28). The molecule has 32 heavy (non-hydrogen) atoms. The molecule has 2 fully saturated rings. The molecule has 166 valence electrons. The van der Waals surface area contributed by atoms with E-state index in [-0.39, 0.29) is 5.56 Å². The van der Waals surface area contributed by atoms with E-state index in [0.29, 0.717) is 17.5 Å². The summed E-state index contributed by atoms with van der Waals surface area (Å²) >= 11 is 0. The van der Waals surface area contributed by atoms with Crippen LogP contribution in [0.15, 0.2) is 53.6 Å². The monoisotopic (exact) mass is 431 g/mol. The Balaban J connectivity index is 1.25. The third kappa shape index (κ3) is 4.45. The quantitative estimate of drug-likeness (QED) is 0.620. The van der Waals surface area contributed by atoms with Crippen LogP contribution in [0.4, 0.5) is 28.8 Å². The van der Waals surface area contributed by atoms with E-state index in [2.05, 4.69) is 54.7 Å². The van der Waals surface area contributed by atoms with E-state index in [1.165, 1.54) is 23.1 Å². The van der Waals surface area contributed by atoms with Gasteiger partial charge in [0, 0.05) is 68.6 Å². The van der Waals surface area contributed by atoms with Crippen LogP contribution in [0.1, 0.15) is 18.4 Å². The highest BCUT2D eigenvalue weighted by Crippen LogP contribution is 2.29. The van der Waals surface area contributed by atoms with Gasteiger partial charge >= 0.3 is 0 Å². The lowest BCUT2D eigenvalue weighted by molar-refractivity contribution is 0.248.